The summed E-state index contributed by atoms with van der Waals surface area (Å²) in [5.74, 6) is 2.89. The molecule has 0 bridgehead atoms. The van der Waals surface area contributed by atoms with E-state index in [9.17, 15) is 0 Å². The second-order valence-corrected chi connectivity index (χ2v) is 5.09. The number of para-hydroxylation sites is 1. The second kappa shape index (κ2) is 5.69. The van der Waals surface area contributed by atoms with E-state index in [0.717, 1.165) is 24.4 Å². The fourth-order valence-electron chi connectivity index (χ4n) is 2.66. The molecule has 0 spiro atoms. The van der Waals surface area contributed by atoms with Crippen LogP contribution >= 0.6 is 0 Å². The number of hydrogen-bond donors (Lipinski definition) is 0. The molecule has 1 atom stereocenters. The minimum absolute atomic E-state index is 0.0847. The Labute approximate surface area is 124 Å². The first kappa shape index (κ1) is 13.8. The summed E-state index contributed by atoms with van der Waals surface area (Å²) >= 11 is 0. The van der Waals surface area contributed by atoms with Gasteiger partial charge in [-0.1, -0.05) is 6.07 Å². The van der Waals surface area contributed by atoms with E-state index in [1.54, 1.807) is 20.5 Å². The van der Waals surface area contributed by atoms with E-state index in [4.69, 9.17) is 18.6 Å². The lowest BCUT2D eigenvalue weighted by molar-refractivity contribution is 0.116. The molecular formula is C16H19NO4. The third kappa shape index (κ3) is 2.56. The van der Waals surface area contributed by atoms with Gasteiger partial charge in [0.15, 0.2) is 11.5 Å². The van der Waals surface area contributed by atoms with E-state index in [1.165, 1.54) is 0 Å². The number of ether oxygens (including phenoxy) is 3. The molecule has 5 heteroatoms. The molecule has 0 aliphatic carbocycles. The van der Waals surface area contributed by atoms with E-state index in [-0.39, 0.29) is 6.10 Å². The summed E-state index contributed by atoms with van der Waals surface area (Å²) in [5.41, 5.74) is 1.10. The van der Waals surface area contributed by atoms with Crippen LogP contribution in [0, 0.1) is 0 Å². The van der Waals surface area contributed by atoms with Gasteiger partial charge in [0.05, 0.1) is 27.0 Å². The number of furan rings is 1. The van der Waals surface area contributed by atoms with Crippen molar-refractivity contribution in [3.63, 3.8) is 0 Å². The smallest absolute Gasteiger partial charge is 0.203 e. The zero-order chi connectivity index (χ0) is 14.8. The van der Waals surface area contributed by atoms with Gasteiger partial charge in [-0.25, -0.2) is 0 Å². The molecule has 1 aromatic heterocycles. The number of benzene rings is 1. The maximum Gasteiger partial charge on any atom is 0.203 e. The summed E-state index contributed by atoms with van der Waals surface area (Å²) in [6.45, 7) is 1.60. The quantitative estimate of drug-likeness (QED) is 0.866. The van der Waals surface area contributed by atoms with Crippen molar-refractivity contribution in [2.75, 3.05) is 27.8 Å². The normalized spacial score (nSPS) is 18.1. The van der Waals surface area contributed by atoms with Crippen LogP contribution in [0.25, 0.3) is 0 Å². The van der Waals surface area contributed by atoms with Crippen LogP contribution in [0.2, 0.25) is 0 Å². The minimum Gasteiger partial charge on any atom is -0.493 e. The summed E-state index contributed by atoms with van der Waals surface area (Å²) in [5, 5.41) is 0. The molecule has 0 amide bonds. The van der Waals surface area contributed by atoms with Crippen molar-refractivity contribution in [3.05, 3.63) is 41.9 Å². The Morgan fingerprint density at radius 2 is 1.95 bits per heavy atom. The molecule has 2 aromatic rings. The Hall–Kier alpha value is -2.14. The Kier molecular flexibility index (Phi) is 3.75. The van der Waals surface area contributed by atoms with E-state index < -0.39 is 0 Å². The lowest BCUT2D eigenvalue weighted by Crippen LogP contribution is -2.32. The summed E-state index contributed by atoms with van der Waals surface area (Å²) in [7, 11) is 5.27. The van der Waals surface area contributed by atoms with Gasteiger partial charge in [-0.15, -0.1) is 0 Å². The Morgan fingerprint density at radius 1 is 1.14 bits per heavy atom. The summed E-state index contributed by atoms with van der Waals surface area (Å²) in [6, 6.07) is 7.59. The van der Waals surface area contributed by atoms with Crippen LogP contribution in [-0.4, -0.2) is 32.7 Å². The fourth-order valence-corrected chi connectivity index (χ4v) is 2.66. The standard InChI is InChI=1S/C16H19NO4/c1-17-9-14-11(7-8-20-14)15(10-17)21-13-6-4-5-12(18-2)16(13)19-3/h4-8,15H,9-10H2,1-3H3. The lowest BCUT2D eigenvalue weighted by atomic mass is 10.1. The number of hydrogen-bond acceptors (Lipinski definition) is 5. The van der Waals surface area contributed by atoms with Gasteiger partial charge in [0.1, 0.15) is 11.9 Å². The SMILES string of the molecule is COc1cccc(OC2CN(C)Cc3occc32)c1OC. The summed E-state index contributed by atoms with van der Waals surface area (Å²) in [6.07, 6.45) is 1.63. The Bertz CT molecular complexity index is 622. The average molecular weight is 289 g/mol. The molecule has 0 radical (unpaired) electrons. The monoisotopic (exact) mass is 289 g/mol. The highest BCUT2D eigenvalue weighted by atomic mass is 16.5. The Morgan fingerprint density at radius 3 is 2.71 bits per heavy atom. The van der Waals surface area contributed by atoms with Gasteiger partial charge in [-0.3, -0.25) is 4.90 Å². The van der Waals surface area contributed by atoms with Crippen molar-refractivity contribution in [3.8, 4) is 17.2 Å². The molecule has 2 heterocycles. The first-order chi connectivity index (χ1) is 10.2. The highest BCUT2D eigenvalue weighted by Gasteiger charge is 2.28. The van der Waals surface area contributed by atoms with E-state index in [1.807, 2.05) is 31.3 Å². The summed E-state index contributed by atoms with van der Waals surface area (Å²) < 4.78 is 22.4. The molecule has 1 aliphatic rings. The van der Waals surface area contributed by atoms with E-state index >= 15 is 0 Å². The zero-order valence-corrected chi connectivity index (χ0v) is 12.5. The number of rotatable bonds is 4. The molecular weight excluding hydrogens is 270 g/mol. The predicted octanol–water partition coefficient (Wildman–Crippen LogP) is 2.86. The van der Waals surface area contributed by atoms with Gasteiger partial charge in [-0.05, 0) is 25.2 Å². The average Bonchev–Trinajstić information content (AvgIpc) is 2.95. The lowest BCUT2D eigenvalue weighted by Gasteiger charge is -2.29. The second-order valence-electron chi connectivity index (χ2n) is 5.09. The van der Waals surface area contributed by atoms with Gasteiger partial charge in [-0.2, -0.15) is 0 Å². The first-order valence-corrected chi connectivity index (χ1v) is 6.85. The van der Waals surface area contributed by atoms with Crippen molar-refractivity contribution in [2.24, 2.45) is 0 Å². The van der Waals surface area contributed by atoms with Gasteiger partial charge in [0, 0.05) is 12.1 Å². The highest BCUT2D eigenvalue weighted by Crippen LogP contribution is 2.40. The molecule has 5 nitrogen and oxygen atoms in total. The van der Waals surface area contributed by atoms with Crippen molar-refractivity contribution < 1.29 is 18.6 Å². The van der Waals surface area contributed by atoms with Gasteiger partial charge in [0.25, 0.3) is 0 Å². The molecule has 0 saturated carbocycles. The summed E-state index contributed by atoms with van der Waals surface area (Å²) in [4.78, 5) is 2.17. The molecule has 1 unspecified atom stereocenters. The number of methoxy groups -OCH3 is 2. The van der Waals surface area contributed by atoms with Gasteiger partial charge >= 0.3 is 0 Å². The number of nitrogens with zero attached hydrogens (tertiary/aromatic N) is 1. The van der Waals surface area contributed by atoms with Crippen LogP contribution in [0.15, 0.2) is 34.9 Å². The number of fused-ring (bicyclic) bond motifs is 1. The van der Waals surface area contributed by atoms with Crippen molar-refractivity contribution in [1.29, 1.82) is 0 Å². The largest absolute Gasteiger partial charge is 0.493 e. The topological polar surface area (TPSA) is 44.1 Å². The molecule has 0 N–H and O–H groups in total. The molecule has 21 heavy (non-hydrogen) atoms. The molecule has 1 aromatic carbocycles. The van der Waals surface area contributed by atoms with Crippen molar-refractivity contribution in [2.45, 2.75) is 12.6 Å². The predicted molar refractivity (Wildman–Crippen MR) is 78.0 cm³/mol. The minimum atomic E-state index is -0.0847. The molecule has 3 rings (SSSR count). The van der Waals surface area contributed by atoms with Crippen LogP contribution in [-0.2, 0) is 6.54 Å². The van der Waals surface area contributed by atoms with Crippen LogP contribution in [0.4, 0.5) is 0 Å². The van der Waals surface area contributed by atoms with Crippen LogP contribution in [0.5, 0.6) is 17.2 Å². The molecule has 112 valence electrons. The fraction of sp³-hybridized carbons (Fsp3) is 0.375. The van der Waals surface area contributed by atoms with Crippen LogP contribution < -0.4 is 14.2 Å². The zero-order valence-electron chi connectivity index (χ0n) is 12.5. The number of likely N-dealkylation sites (N-methyl/N-ethyl adjacent to an activating group) is 1. The molecule has 0 fully saturated rings. The molecule has 1 aliphatic heterocycles. The molecule has 0 saturated heterocycles. The van der Waals surface area contributed by atoms with Crippen LogP contribution in [0.3, 0.4) is 0 Å². The Balaban J connectivity index is 1.91. The van der Waals surface area contributed by atoms with Crippen molar-refractivity contribution in [1.82, 2.24) is 4.90 Å². The first-order valence-electron chi connectivity index (χ1n) is 6.85. The van der Waals surface area contributed by atoms with Crippen molar-refractivity contribution >= 4 is 0 Å². The van der Waals surface area contributed by atoms with Crippen LogP contribution in [0.1, 0.15) is 17.4 Å². The van der Waals surface area contributed by atoms with E-state index in [0.29, 0.717) is 17.2 Å². The highest BCUT2D eigenvalue weighted by molar-refractivity contribution is 5.51. The third-order valence-corrected chi connectivity index (χ3v) is 3.65. The van der Waals surface area contributed by atoms with E-state index in [2.05, 4.69) is 4.90 Å². The van der Waals surface area contributed by atoms with Gasteiger partial charge < -0.3 is 18.6 Å². The maximum atomic E-state index is 6.17. The van der Waals surface area contributed by atoms with Gasteiger partial charge in [0.2, 0.25) is 5.75 Å². The maximum absolute atomic E-state index is 6.17. The third-order valence-electron chi connectivity index (χ3n) is 3.65.